The van der Waals surface area contributed by atoms with E-state index >= 15 is 0 Å². The summed E-state index contributed by atoms with van der Waals surface area (Å²) in [5.41, 5.74) is 2.49. The Kier molecular flexibility index (Phi) is 6.69. The van der Waals surface area contributed by atoms with Crippen LogP contribution in [0.25, 0.3) is 0 Å². The third-order valence-electron chi connectivity index (χ3n) is 5.15. The Morgan fingerprint density at radius 1 is 1.23 bits per heavy atom. The summed E-state index contributed by atoms with van der Waals surface area (Å²) < 4.78 is 10.1. The number of ether oxygens (including phenoxy) is 2. The number of aryl methyl sites for hydroxylation is 1. The van der Waals surface area contributed by atoms with Gasteiger partial charge in [-0.15, -0.1) is 0 Å². The van der Waals surface area contributed by atoms with Gasteiger partial charge < -0.3 is 24.3 Å². The average Bonchev–Trinajstić information content (AvgIpc) is 3.07. The molecule has 0 aliphatic carbocycles. The molecule has 9 nitrogen and oxygen atoms in total. The Bertz CT molecular complexity index is 970. The maximum atomic E-state index is 13.1. The van der Waals surface area contributed by atoms with Gasteiger partial charge in [0.15, 0.2) is 0 Å². The third kappa shape index (κ3) is 4.28. The zero-order chi connectivity index (χ0) is 21.7. The number of rotatable bonds is 6. The van der Waals surface area contributed by atoms with Crippen molar-refractivity contribution in [2.75, 3.05) is 51.4 Å². The van der Waals surface area contributed by atoms with Crippen LogP contribution in [0.4, 0.5) is 5.82 Å². The van der Waals surface area contributed by atoms with Crippen LogP contribution >= 0.6 is 0 Å². The van der Waals surface area contributed by atoms with Crippen LogP contribution < -0.4 is 4.90 Å². The van der Waals surface area contributed by atoms with Gasteiger partial charge in [0.25, 0.3) is 5.91 Å². The summed E-state index contributed by atoms with van der Waals surface area (Å²) in [6, 6.07) is 5.62. The molecule has 1 N–H and O–H groups in total. The Labute approximate surface area is 175 Å². The van der Waals surface area contributed by atoms with Crippen molar-refractivity contribution < 1.29 is 19.1 Å². The van der Waals surface area contributed by atoms with Crippen LogP contribution in [0.5, 0.6) is 0 Å². The number of methoxy groups -OCH3 is 1. The molecule has 0 aromatic carbocycles. The van der Waals surface area contributed by atoms with E-state index in [2.05, 4.69) is 16.0 Å². The van der Waals surface area contributed by atoms with E-state index in [0.717, 1.165) is 0 Å². The number of piperazine rings is 1. The first kappa shape index (κ1) is 21.3. The number of pyridine rings is 1. The van der Waals surface area contributed by atoms with Crippen molar-refractivity contribution in [3.8, 4) is 6.07 Å². The predicted molar refractivity (Wildman–Crippen MR) is 109 cm³/mol. The minimum absolute atomic E-state index is 0.156. The molecule has 0 atom stereocenters. The van der Waals surface area contributed by atoms with Gasteiger partial charge in [-0.2, -0.15) is 5.26 Å². The summed E-state index contributed by atoms with van der Waals surface area (Å²) in [6.07, 6.45) is 1.66. The number of esters is 1. The lowest BCUT2D eigenvalue weighted by Crippen LogP contribution is -2.49. The van der Waals surface area contributed by atoms with Gasteiger partial charge >= 0.3 is 5.97 Å². The van der Waals surface area contributed by atoms with Crippen molar-refractivity contribution >= 4 is 17.7 Å². The van der Waals surface area contributed by atoms with Crippen molar-refractivity contribution in [2.24, 2.45) is 0 Å². The normalized spacial score (nSPS) is 13.8. The smallest absolute Gasteiger partial charge is 0.340 e. The van der Waals surface area contributed by atoms with Crippen LogP contribution in [0.1, 0.15) is 37.7 Å². The molecule has 2 aromatic rings. The lowest BCUT2D eigenvalue weighted by molar-refractivity contribution is 0.0387. The van der Waals surface area contributed by atoms with E-state index in [9.17, 15) is 14.9 Å². The molecule has 3 rings (SSSR count). The predicted octanol–water partition coefficient (Wildman–Crippen LogP) is 1.66. The fraction of sp³-hybridized carbons (Fsp3) is 0.429. The number of nitrogens with one attached hydrogen (secondary N) is 1. The van der Waals surface area contributed by atoms with Crippen molar-refractivity contribution in [2.45, 2.75) is 13.8 Å². The van der Waals surface area contributed by atoms with E-state index in [-0.39, 0.29) is 12.5 Å². The molecule has 2 aromatic heterocycles. The highest BCUT2D eigenvalue weighted by atomic mass is 16.6. The zero-order valence-corrected chi connectivity index (χ0v) is 17.4. The molecule has 1 amide bonds. The van der Waals surface area contributed by atoms with Crippen LogP contribution in [-0.2, 0) is 9.47 Å². The van der Waals surface area contributed by atoms with Crippen molar-refractivity contribution in [3.05, 3.63) is 46.4 Å². The number of aromatic amines is 1. The number of amides is 1. The second-order valence-corrected chi connectivity index (χ2v) is 7.02. The fourth-order valence-electron chi connectivity index (χ4n) is 3.58. The molecule has 158 valence electrons. The molecule has 1 aliphatic heterocycles. The summed E-state index contributed by atoms with van der Waals surface area (Å²) in [5.74, 6) is 0.00848. The Morgan fingerprint density at radius 2 is 1.97 bits per heavy atom. The van der Waals surface area contributed by atoms with Gasteiger partial charge in [-0.05, 0) is 31.5 Å². The average molecular weight is 411 g/mol. The van der Waals surface area contributed by atoms with E-state index in [0.29, 0.717) is 66.7 Å². The van der Waals surface area contributed by atoms with Crippen LogP contribution in [0, 0.1) is 25.2 Å². The maximum absolute atomic E-state index is 13.1. The summed E-state index contributed by atoms with van der Waals surface area (Å²) >= 11 is 0. The quantitative estimate of drug-likeness (QED) is 0.568. The van der Waals surface area contributed by atoms with Gasteiger partial charge in [0, 0.05) is 45.2 Å². The SMILES string of the molecule is COCCOC(=O)c1c(C)[nH]c(C(=O)N2CCN(c3ncccc3C#N)CC2)c1C. The Balaban J connectivity index is 1.69. The van der Waals surface area contributed by atoms with Crippen LogP contribution in [0.2, 0.25) is 0 Å². The van der Waals surface area contributed by atoms with Gasteiger partial charge in [0.2, 0.25) is 0 Å². The number of aromatic nitrogens is 2. The Morgan fingerprint density at radius 3 is 2.63 bits per heavy atom. The zero-order valence-electron chi connectivity index (χ0n) is 17.4. The Hall–Kier alpha value is -3.38. The van der Waals surface area contributed by atoms with Crippen molar-refractivity contribution in [3.63, 3.8) is 0 Å². The first-order valence-corrected chi connectivity index (χ1v) is 9.72. The molecule has 1 saturated heterocycles. The molecular formula is C21H25N5O4. The lowest BCUT2D eigenvalue weighted by atomic mass is 10.1. The molecular weight excluding hydrogens is 386 g/mol. The molecule has 30 heavy (non-hydrogen) atoms. The van der Waals surface area contributed by atoms with Crippen LogP contribution in [-0.4, -0.2) is 73.2 Å². The number of H-pyrrole nitrogens is 1. The van der Waals surface area contributed by atoms with E-state index in [1.165, 1.54) is 7.11 Å². The summed E-state index contributed by atoms with van der Waals surface area (Å²) in [7, 11) is 1.53. The van der Waals surface area contributed by atoms with E-state index in [4.69, 9.17) is 9.47 Å². The van der Waals surface area contributed by atoms with Gasteiger partial charge in [0.1, 0.15) is 24.2 Å². The van der Waals surface area contributed by atoms with E-state index < -0.39 is 5.97 Å². The van der Waals surface area contributed by atoms with Gasteiger partial charge in [-0.1, -0.05) is 0 Å². The second kappa shape index (κ2) is 9.41. The van der Waals surface area contributed by atoms with Gasteiger partial charge in [0.05, 0.1) is 17.7 Å². The highest BCUT2D eigenvalue weighted by Gasteiger charge is 2.29. The maximum Gasteiger partial charge on any atom is 0.340 e. The van der Waals surface area contributed by atoms with Crippen molar-refractivity contribution in [1.82, 2.24) is 14.9 Å². The monoisotopic (exact) mass is 411 g/mol. The van der Waals surface area contributed by atoms with Gasteiger partial charge in [-0.3, -0.25) is 4.79 Å². The minimum Gasteiger partial charge on any atom is -0.460 e. The lowest BCUT2D eigenvalue weighted by Gasteiger charge is -2.35. The number of carbonyl (C=O) groups is 2. The number of anilines is 1. The highest BCUT2D eigenvalue weighted by Crippen LogP contribution is 2.22. The van der Waals surface area contributed by atoms with Crippen LogP contribution in [0.15, 0.2) is 18.3 Å². The molecule has 0 bridgehead atoms. The van der Waals surface area contributed by atoms with Crippen molar-refractivity contribution in [1.29, 1.82) is 5.26 Å². The van der Waals surface area contributed by atoms with E-state index in [1.54, 1.807) is 37.1 Å². The summed E-state index contributed by atoms with van der Waals surface area (Å²) in [5, 5.41) is 9.28. The summed E-state index contributed by atoms with van der Waals surface area (Å²) in [4.78, 5) is 36.6. The number of carbonyl (C=O) groups excluding carboxylic acids is 2. The van der Waals surface area contributed by atoms with Crippen LogP contribution in [0.3, 0.4) is 0 Å². The fourth-order valence-corrected chi connectivity index (χ4v) is 3.58. The molecule has 0 saturated carbocycles. The number of nitrogens with zero attached hydrogens (tertiary/aromatic N) is 4. The highest BCUT2D eigenvalue weighted by molar-refractivity contribution is 6.00. The number of hydrogen-bond acceptors (Lipinski definition) is 7. The second-order valence-electron chi connectivity index (χ2n) is 7.02. The molecule has 1 fully saturated rings. The topological polar surface area (TPSA) is 112 Å². The van der Waals surface area contributed by atoms with Gasteiger partial charge in [-0.25, -0.2) is 9.78 Å². The molecule has 9 heteroatoms. The standard InChI is InChI=1S/C21H25N5O4/c1-14-17(21(28)30-12-11-29-3)15(2)24-18(14)20(27)26-9-7-25(8-10-26)19-16(13-22)5-4-6-23-19/h4-6,24H,7-12H2,1-3H3. The molecule has 0 radical (unpaired) electrons. The summed E-state index contributed by atoms with van der Waals surface area (Å²) in [6.45, 7) is 6.09. The molecule has 1 aliphatic rings. The first-order valence-electron chi connectivity index (χ1n) is 9.72. The molecule has 0 unspecified atom stereocenters. The molecule has 0 spiro atoms. The minimum atomic E-state index is -0.471. The number of nitriles is 1. The third-order valence-corrected chi connectivity index (χ3v) is 5.15. The largest absolute Gasteiger partial charge is 0.460 e. The number of hydrogen-bond donors (Lipinski definition) is 1. The first-order chi connectivity index (χ1) is 14.5. The molecule has 3 heterocycles. The van der Waals surface area contributed by atoms with E-state index in [1.807, 2.05) is 4.90 Å².